The van der Waals surface area contributed by atoms with E-state index in [9.17, 15) is 29.1 Å². The van der Waals surface area contributed by atoms with E-state index in [0.29, 0.717) is 57.6 Å². The van der Waals surface area contributed by atoms with Gasteiger partial charge in [-0.05, 0) is 191 Å². The predicted octanol–water partition coefficient (Wildman–Crippen LogP) is 8.65. The van der Waals surface area contributed by atoms with Crippen LogP contribution in [-0.2, 0) is 9.47 Å². The summed E-state index contributed by atoms with van der Waals surface area (Å²) >= 11 is 0. The number of aryl methyl sites for hydroxylation is 6. The van der Waals surface area contributed by atoms with Crippen LogP contribution in [0.2, 0.25) is 0 Å². The third kappa shape index (κ3) is 18.8. The number of ether oxygens (including phenoxy) is 2. The highest BCUT2D eigenvalue weighted by molar-refractivity contribution is 6.02. The SMILES string of the molecule is CNc1cc(Nc2cc(C)cc(C)c2)nc2c(C(=O)NC3CC3)cnn12.Cc1cc(C)cc(Nc2cc(N(C)C(=O)OC(C)(C)C)n3ncc(C(=O)NC4CC4)c3n2)c1.Cc1cc(C)cc(Nc2cc(N(C)C(=O)OC(C)(C)C)n3ncc(C(=O)O)c3n2)c1.NC1CC1.[I-]. The van der Waals surface area contributed by atoms with Gasteiger partial charge in [-0.3, -0.25) is 19.4 Å². The number of hydrogen-bond donors (Lipinski definition) is 8. The van der Waals surface area contributed by atoms with Crippen molar-refractivity contribution in [3.05, 3.63) is 141 Å². The first-order chi connectivity index (χ1) is 43.9. The number of nitrogens with one attached hydrogen (secondary N) is 6. The highest BCUT2D eigenvalue weighted by Crippen LogP contribution is 2.31. The van der Waals surface area contributed by atoms with Crippen LogP contribution in [0.4, 0.5) is 61.6 Å². The number of aromatic carboxylic acids is 1. The van der Waals surface area contributed by atoms with Crippen LogP contribution in [0.5, 0.6) is 0 Å². The van der Waals surface area contributed by atoms with Crippen molar-refractivity contribution in [2.75, 3.05) is 52.2 Å². The van der Waals surface area contributed by atoms with Gasteiger partial charge in [0.2, 0.25) is 0 Å². The molecule has 0 atom stereocenters. The first kappa shape index (κ1) is 70.2. The van der Waals surface area contributed by atoms with Crippen LogP contribution >= 0.6 is 0 Å². The van der Waals surface area contributed by atoms with E-state index in [1.807, 2.05) is 91.9 Å². The standard InChI is InChI=1S/C24H30N6O3.C21H25N5O4.C19H22N6O.C3H7N.HI/c1-14-9-15(2)11-17(10-14)26-19-12-20(29(6)23(32)33-24(3,4)5)30-21(28-19)18(13-25-30)22(31)27-16-7-8-16;1-12-7-13(2)9-14(8-12)23-16-10-17(25(6)20(29)30-21(3,4)5)26-18(24-16)15(11-22-26)19(27)28;1-11-6-12(2)8-14(7-11)22-16-9-17(20-3)25-18(24-16)15(10-21-25)19(26)23-13-4-5-13;4-3-1-2-3;/h9-13,16H,7-8H2,1-6H3,(H,26,28)(H,27,31);7-11H,1-6H3,(H,23,24)(H,27,28);6-10,13,20H,4-5H2,1-3H3,(H,22,24)(H,23,26);3H,1-2,4H2;1H/p-1. The molecule has 6 heterocycles. The minimum Gasteiger partial charge on any atom is -1.00 e. The highest BCUT2D eigenvalue weighted by atomic mass is 127. The van der Waals surface area contributed by atoms with Gasteiger partial charge in [0.25, 0.3) is 11.8 Å². The minimum absolute atomic E-state index is 0. The first-order valence-electron chi connectivity index (χ1n) is 30.8. The third-order valence-electron chi connectivity index (χ3n) is 14.3. The fourth-order valence-electron chi connectivity index (χ4n) is 9.69. The van der Waals surface area contributed by atoms with Crippen LogP contribution in [0.25, 0.3) is 16.9 Å². The van der Waals surface area contributed by atoms with Gasteiger partial charge in [-0.25, -0.2) is 29.3 Å². The normalized spacial score (nSPS) is 13.3. The lowest BCUT2D eigenvalue weighted by Crippen LogP contribution is -3.00. The molecule has 3 aliphatic carbocycles. The number of rotatable bonds is 14. The molecule has 26 nitrogen and oxygen atoms in total. The van der Waals surface area contributed by atoms with E-state index in [2.05, 4.69) is 100 Å². The number of hydrogen-bond acceptors (Lipinski definition) is 18. The Kier molecular flexibility index (Phi) is 21.8. The number of nitrogens with two attached hydrogens (primary N) is 1. The highest BCUT2D eigenvalue weighted by Gasteiger charge is 2.30. The van der Waals surface area contributed by atoms with Crippen LogP contribution in [0.1, 0.15) is 145 Å². The second-order valence-corrected chi connectivity index (χ2v) is 25.9. The van der Waals surface area contributed by atoms with Gasteiger partial charge in [0.15, 0.2) is 16.9 Å². The van der Waals surface area contributed by atoms with Gasteiger partial charge in [-0.15, -0.1) is 0 Å². The summed E-state index contributed by atoms with van der Waals surface area (Å²) < 4.78 is 15.4. The Hall–Kier alpha value is -9.64. The van der Waals surface area contributed by atoms with Gasteiger partial charge >= 0.3 is 18.2 Å². The lowest BCUT2D eigenvalue weighted by Gasteiger charge is -2.25. The quantitative estimate of drug-likeness (QED) is 0.0472. The maximum atomic E-state index is 12.8. The van der Waals surface area contributed by atoms with Crippen molar-refractivity contribution in [1.29, 1.82) is 0 Å². The number of amides is 4. The van der Waals surface area contributed by atoms with Crippen molar-refractivity contribution in [2.45, 2.75) is 151 Å². The average Bonchev–Trinajstić information content (AvgIpc) is 1.57. The molecular weight excluding hydrogens is 1310 g/mol. The average molecular weight is 1400 g/mol. The molecule has 9 aromatic rings. The molecule has 498 valence electrons. The fraction of sp³-hybridized carbons (Fsp3) is 0.388. The Bertz CT molecular complexity index is 4230. The number of anilines is 9. The van der Waals surface area contributed by atoms with Crippen LogP contribution < -0.4 is 71.4 Å². The number of carbonyl (C=O) groups excluding carboxylic acids is 4. The topological polar surface area (TPSA) is 319 Å². The maximum absolute atomic E-state index is 12.8. The molecule has 0 saturated heterocycles. The van der Waals surface area contributed by atoms with Crippen LogP contribution in [0.3, 0.4) is 0 Å². The molecule has 3 saturated carbocycles. The molecule has 3 aliphatic rings. The Morgan fingerprint density at radius 1 is 0.500 bits per heavy atom. The molecular formula is C67H84IN18O8-. The number of aromatic nitrogens is 9. The molecule has 0 aliphatic heterocycles. The summed E-state index contributed by atoms with van der Waals surface area (Å²) in [5.74, 6) is 1.50. The van der Waals surface area contributed by atoms with E-state index >= 15 is 0 Å². The van der Waals surface area contributed by atoms with Crippen LogP contribution in [0.15, 0.2) is 91.4 Å². The smallest absolute Gasteiger partial charge is 0.415 e. The maximum Gasteiger partial charge on any atom is 0.415 e. The van der Waals surface area contributed by atoms with Gasteiger partial charge in [-0.1, -0.05) is 18.2 Å². The van der Waals surface area contributed by atoms with Gasteiger partial charge in [-0.2, -0.15) is 28.8 Å². The third-order valence-corrected chi connectivity index (χ3v) is 14.3. The number of carboxylic acids is 1. The van der Waals surface area contributed by atoms with E-state index in [4.69, 9.17) is 15.2 Å². The van der Waals surface area contributed by atoms with Gasteiger partial charge in [0.1, 0.15) is 62.8 Å². The zero-order valence-electron chi connectivity index (χ0n) is 55.8. The van der Waals surface area contributed by atoms with E-state index in [-0.39, 0.29) is 59.1 Å². The second-order valence-electron chi connectivity index (χ2n) is 25.9. The van der Waals surface area contributed by atoms with Gasteiger partial charge < -0.3 is 76.2 Å². The zero-order chi connectivity index (χ0) is 67.4. The lowest BCUT2D eigenvalue weighted by molar-refractivity contribution is -0.0000848. The molecule has 3 fully saturated rings. The molecule has 0 unspecified atom stereocenters. The fourth-order valence-corrected chi connectivity index (χ4v) is 9.69. The molecule has 27 heteroatoms. The molecule has 0 radical (unpaired) electrons. The Balaban J connectivity index is 0.000000175. The summed E-state index contributed by atoms with van der Waals surface area (Å²) in [5.41, 5.74) is 15.0. The number of halogens is 1. The molecule has 0 spiro atoms. The molecule has 6 aromatic heterocycles. The van der Waals surface area contributed by atoms with Crippen molar-refractivity contribution in [1.82, 2.24) is 54.4 Å². The number of carbonyl (C=O) groups is 5. The summed E-state index contributed by atoms with van der Waals surface area (Å²) in [5, 5.41) is 41.2. The van der Waals surface area contributed by atoms with Gasteiger partial charge in [0.05, 0.1) is 18.6 Å². The molecule has 12 rings (SSSR count). The molecule has 4 amide bonds. The van der Waals surface area contributed by atoms with Crippen molar-refractivity contribution in [3.8, 4) is 0 Å². The summed E-state index contributed by atoms with van der Waals surface area (Å²) in [6.07, 6.45) is 9.69. The van der Waals surface area contributed by atoms with Crippen molar-refractivity contribution < 1.29 is 62.5 Å². The van der Waals surface area contributed by atoms with E-state index in [1.54, 1.807) is 50.7 Å². The number of fused-ring (bicyclic) bond motifs is 3. The number of nitrogens with zero attached hydrogens (tertiary/aromatic N) is 11. The Morgan fingerprint density at radius 3 is 1.12 bits per heavy atom. The molecule has 3 aromatic carbocycles. The number of benzene rings is 3. The summed E-state index contributed by atoms with van der Waals surface area (Å²) in [6, 6.07) is 24.6. The van der Waals surface area contributed by atoms with Crippen LogP contribution in [0, 0.1) is 41.5 Å². The lowest BCUT2D eigenvalue weighted by atomic mass is 10.1. The molecule has 9 N–H and O–H groups in total. The van der Waals surface area contributed by atoms with Crippen molar-refractivity contribution in [2.24, 2.45) is 5.73 Å². The summed E-state index contributed by atoms with van der Waals surface area (Å²) in [7, 11) is 4.96. The van der Waals surface area contributed by atoms with Gasteiger partial charge in [0, 0.05) is 74.5 Å². The largest absolute Gasteiger partial charge is 1.00 e. The Morgan fingerprint density at radius 2 is 0.809 bits per heavy atom. The summed E-state index contributed by atoms with van der Waals surface area (Å²) in [6.45, 7) is 22.9. The zero-order valence-corrected chi connectivity index (χ0v) is 58.0. The predicted molar refractivity (Wildman–Crippen MR) is 361 cm³/mol. The van der Waals surface area contributed by atoms with E-state index in [1.165, 1.54) is 62.2 Å². The first-order valence-corrected chi connectivity index (χ1v) is 30.8. The number of carboxylic acid groups (broad SMARTS) is 1. The van der Waals surface area contributed by atoms with E-state index < -0.39 is 29.4 Å². The summed E-state index contributed by atoms with van der Waals surface area (Å²) in [4.78, 5) is 78.7. The molecule has 0 bridgehead atoms. The van der Waals surface area contributed by atoms with Crippen LogP contribution in [-0.4, -0.2) is 129 Å². The monoisotopic (exact) mass is 1400 g/mol. The molecule has 94 heavy (non-hydrogen) atoms. The minimum atomic E-state index is -1.16. The van der Waals surface area contributed by atoms with E-state index in [0.717, 1.165) is 70.8 Å². The van der Waals surface area contributed by atoms with Crippen molar-refractivity contribution in [3.63, 3.8) is 0 Å². The Labute approximate surface area is 563 Å². The van der Waals surface area contributed by atoms with Crippen molar-refractivity contribution >= 4 is 98.9 Å². The second kappa shape index (κ2) is 29.1.